The summed E-state index contributed by atoms with van der Waals surface area (Å²) in [5, 5.41) is 3.76. The molecule has 2 aliphatic rings. The van der Waals surface area contributed by atoms with Gasteiger partial charge in [0.15, 0.2) is 0 Å². The van der Waals surface area contributed by atoms with Gasteiger partial charge in [-0.25, -0.2) is 0 Å². The van der Waals surface area contributed by atoms with E-state index in [9.17, 15) is 0 Å². The molecule has 1 aromatic carbocycles. The highest BCUT2D eigenvalue weighted by atomic mass is 79.9. The fourth-order valence-electron chi connectivity index (χ4n) is 3.97. The number of rotatable bonds is 2. The molecule has 104 valence electrons. The van der Waals surface area contributed by atoms with Gasteiger partial charge in [-0.05, 0) is 61.8 Å². The lowest BCUT2D eigenvalue weighted by Gasteiger charge is -2.39. The van der Waals surface area contributed by atoms with Crippen molar-refractivity contribution >= 4 is 21.6 Å². The zero-order chi connectivity index (χ0) is 13.2. The molecule has 0 aromatic heterocycles. The molecule has 2 heteroatoms. The van der Waals surface area contributed by atoms with Gasteiger partial charge in [0.25, 0.3) is 0 Å². The first-order valence-electron chi connectivity index (χ1n) is 7.75. The maximum Gasteiger partial charge on any atom is 0.0345 e. The second-order valence-electron chi connectivity index (χ2n) is 6.42. The summed E-state index contributed by atoms with van der Waals surface area (Å²) in [5.74, 6) is 2.04. The summed E-state index contributed by atoms with van der Waals surface area (Å²) in [6, 6.07) is 7.31. The molecule has 3 atom stereocenters. The highest BCUT2D eigenvalue weighted by Crippen LogP contribution is 2.41. The standard InChI is InChI=1S/C17H24BrN/c1-12-10-15(8-9-17(12)18)19-16-7-6-13-4-2-3-5-14(13)11-16/h8-10,13-14,16,19H,2-7,11H2,1H3. The Morgan fingerprint density at radius 2 is 1.84 bits per heavy atom. The maximum absolute atomic E-state index is 3.76. The Labute approximate surface area is 125 Å². The Morgan fingerprint density at radius 1 is 1.05 bits per heavy atom. The molecule has 0 radical (unpaired) electrons. The van der Waals surface area contributed by atoms with Crippen LogP contribution in [0.25, 0.3) is 0 Å². The van der Waals surface area contributed by atoms with E-state index in [1.54, 1.807) is 0 Å². The summed E-state index contributed by atoms with van der Waals surface area (Å²) in [4.78, 5) is 0. The van der Waals surface area contributed by atoms with E-state index >= 15 is 0 Å². The monoisotopic (exact) mass is 321 g/mol. The lowest BCUT2D eigenvalue weighted by atomic mass is 9.69. The van der Waals surface area contributed by atoms with Crippen LogP contribution in [-0.2, 0) is 0 Å². The van der Waals surface area contributed by atoms with Crippen LogP contribution in [0.5, 0.6) is 0 Å². The van der Waals surface area contributed by atoms with Crippen LogP contribution < -0.4 is 5.32 Å². The van der Waals surface area contributed by atoms with Crippen molar-refractivity contribution in [2.24, 2.45) is 11.8 Å². The average molecular weight is 322 g/mol. The van der Waals surface area contributed by atoms with Crippen molar-refractivity contribution in [2.45, 2.75) is 57.9 Å². The highest BCUT2D eigenvalue weighted by molar-refractivity contribution is 9.10. The maximum atomic E-state index is 3.76. The third-order valence-electron chi connectivity index (χ3n) is 5.07. The van der Waals surface area contributed by atoms with E-state index in [1.807, 2.05) is 0 Å². The minimum absolute atomic E-state index is 0.694. The van der Waals surface area contributed by atoms with Crippen LogP contribution in [0.2, 0.25) is 0 Å². The van der Waals surface area contributed by atoms with Crippen molar-refractivity contribution in [3.05, 3.63) is 28.2 Å². The van der Waals surface area contributed by atoms with Crippen LogP contribution >= 0.6 is 15.9 Å². The number of hydrogen-bond donors (Lipinski definition) is 1. The largest absolute Gasteiger partial charge is 0.382 e. The summed E-state index contributed by atoms with van der Waals surface area (Å²) < 4.78 is 1.20. The molecule has 19 heavy (non-hydrogen) atoms. The Morgan fingerprint density at radius 3 is 2.63 bits per heavy atom. The summed E-state index contributed by atoms with van der Waals surface area (Å²) in [7, 11) is 0. The van der Waals surface area contributed by atoms with Crippen molar-refractivity contribution in [3.8, 4) is 0 Å². The predicted octanol–water partition coefficient (Wildman–Crippen LogP) is 5.53. The average Bonchev–Trinajstić information content (AvgIpc) is 2.43. The molecule has 1 N–H and O–H groups in total. The SMILES string of the molecule is Cc1cc(NC2CCC3CCCCC3C2)ccc1Br. The molecule has 0 spiro atoms. The number of anilines is 1. The van der Waals surface area contributed by atoms with Crippen molar-refractivity contribution < 1.29 is 0 Å². The third kappa shape index (κ3) is 3.16. The van der Waals surface area contributed by atoms with Crippen LogP contribution in [0.3, 0.4) is 0 Å². The zero-order valence-corrected chi connectivity index (χ0v) is 13.4. The molecule has 1 nitrogen and oxygen atoms in total. The van der Waals surface area contributed by atoms with E-state index in [2.05, 4.69) is 46.4 Å². The Bertz CT molecular complexity index is 443. The molecule has 2 fully saturated rings. The first-order chi connectivity index (χ1) is 9.22. The normalized spacial score (nSPS) is 30.7. The molecule has 0 saturated heterocycles. The van der Waals surface area contributed by atoms with Gasteiger partial charge >= 0.3 is 0 Å². The summed E-state index contributed by atoms with van der Waals surface area (Å²) in [6.07, 6.45) is 10.1. The summed E-state index contributed by atoms with van der Waals surface area (Å²) in [6.45, 7) is 2.16. The summed E-state index contributed by atoms with van der Waals surface area (Å²) in [5.41, 5.74) is 2.61. The fourth-order valence-corrected chi connectivity index (χ4v) is 4.22. The molecule has 1 aromatic rings. The predicted molar refractivity (Wildman–Crippen MR) is 85.6 cm³/mol. The van der Waals surface area contributed by atoms with Crippen molar-refractivity contribution in [1.29, 1.82) is 0 Å². The van der Waals surface area contributed by atoms with E-state index in [-0.39, 0.29) is 0 Å². The van der Waals surface area contributed by atoms with Gasteiger partial charge in [-0.2, -0.15) is 0 Å². The van der Waals surface area contributed by atoms with Crippen molar-refractivity contribution in [2.75, 3.05) is 5.32 Å². The molecule has 3 rings (SSSR count). The smallest absolute Gasteiger partial charge is 0.0345 e. The first-order valence-corrected chi connectivity index (χ1v) is 8.54. The number of halogens is 1. The van der Waals surface area contributed by atoms with E-state index in [0.29, 0.717) is 6.04 Å². The molecule has 0 aliphatic heterocycles. The quantitative estimate of drug-likeness (QED) is 0.755. The van der Waals surface area contributed by atoms with Crippen LogP contribution in [0.4, 0.5) is 5.69 Å². The van der Waals surface area contributed by atoms with Gasteiger partial charge in [-0.1, -0.05) is 41.6 Å². The zero-order valence-electron chi connectivity index (χ0n) is 11.8. The lowest BCUT2D eigenvalue weighted by Crippen LogP contribution is -2.34. The Kier molecular flexibility index (Phi) is 4.16. The highest BCUT2D eigenvalue weighted by Gasteiger charge is 2.31. The fraction of sp³-hybridized carbons (Fsp3) is 0.647. The van der Waals surface area contributed by atoms with E-state index in [1.165, 1.54) is 60.7 Å². The van der Waals surface area contributed by atoms with Gasteiger partial charge in [-0.3, -0.25) is 0 Å². The van der Waals surface area contributed by atoms with E-state index in [0.717, 1.165) is 11.8 Å². The van der Waals surface area contributed by atoms with E-state index < -0.39 is 0 Å². The number of fused-ring (bicyclic) bond motifs is 1. The van der Waals surface area contributed by atoms with Crippen molar-refractivity contribution in [1.82, 2.24) is 0 Å². The topological polar surface area (TPSA) is 12.0 Å². The van der Waals surface area contributed by atoms with Gasteiger partial charge in [0.2, 0.25) is 0 Å². The second-order valence-corrected chi connectivity index (χ2v) is 7.28. The molecule has 2 saturated carbocycles. The number of benzene rings is 1. The minimum Gasteiger partial charge on any atom is -0.382 e. The van der Waals surface area contributed by atoms with Gasteiger partial charge in [0, 0.05) is 16.2 Å². The Balaban J connectivity index is 1.62. The van der Waals surface area contributed by atoms with E-state index in [4.69, 9.17) is 0 Å². The van der Waals surface area contributed by atoms with Gasteiger partial charge in [0.05, 0.1) is 0 Å². The molecule has 0 heterocycles. The first kappa shape index (κ1) is 13.5. The van der Waals surface area contributed by atoms with Crippen molar-refractivity contribution in [3.63, 3.8) is 0 Å². The van der Waals surface area contributed by atoms with Gasteiger partial charge in [0.1, 0.15) is 0 Å². The van der Waals surface area contributed by atoms with Crippen LogP contribution in [-0.4, -0.2) is 6.04 Å². The molecular formula is C17H24BrN. The summed E-state index contributed by atoms with van der Waals surface area (Å²) >= 11 is 3.57. The molecular weight excluding hydrogens is 298 g/mol. The van der Waals surface area contributed by atoms with Gasteiger partial charge < -0.3 is 5.32 Å². The number of hydrogen-bond acceptors (Lipinski definition) is 1. The van der Waals surface area contributed by atoms with Gasteiger partial charge in [-0.15, -0.1) is 0 Å². The molecule has 2 aliphatic carbocycles. The van der Waals surface area contributed by atoms with Crippen LogP contribution in [0.1, 0.15) is 50.5 Å². The minimum atomic E-state index is 0.694. The number of nitrogens with one attached hydrogen (secondary N) is 1. The molecule has 0 bridgehead atoms. The lowest BCUT2D eigenvalue weighted by molar-refractivity contribution is 0.162. The van der Waals surface area contributed by atoms with Crippen LogP contribution in [0, 0.1) is 18.8 Å². The Hall–Kier alpha value is -0.500. The molecule has 3 unspecified atom stereocenters. The second kappa shape index (κ2) is 5.87. The third-order valence-corrected chi connectivity index (χ3v) is 5.96. The molecule has 0 amide bonds. The van der Waals surface area contributed by atoms with Crippen LogP contribution in [0.15, 0.2) is 22.7 Å². The number of aryl methyl sites for hydroxylation is 1.